The van der Waals surface area contributed by atoms with Gasteiger partial charge in [-0.15, -0.1) is 0 Å². The summed E-state index contributed by atoms with van der Waals surface area (Å²) in [6, 6.07) is 0. The number of rotatable bonds is 2. The Balaban J connectivity index is 2.96. The van der Waals surface area contributed by atoms with Crippen LogP contribution in [-0.2, 0) is 14.2 Å². The van der Waals surface area contributed by atoms with Crippen LogP contribution in [0.1, 0.15) is 13.8 Å². The lowest BCUT2D eigenvalue weighted by Crippen LogP contribution is -2.77. The van der Waals surface area contributed by atoms with Crippen LogP contribution in [0.4, 0.5) is 13.2 Å². The molecule has 0 aliphatic carbocycles. The molecule has 1 unspecified atom stereocenters. The molecule has 0 aromatic heterocycles. The molecule has 1 rings (SSSR count). The van der Waals surface area contributed by atoms with E-state index in [9.17, 15) is 13.2 Å². The van der Waals surface area contributed by atoms with Gasteiger partial charge in [-0.2, -0.15) is 13.2 Å². The highest BCUT2D eigenvalue weighted by atomic mass is 19.4. The average molecular weight is 214 g/mol. The van der Waals surface area contributed by atoms with E-state index in [0.717, 1.165) is 0 Å². The van der Waals surface area contributed by atoms with E-state index in [1.165, 1.54) is 28.1 Å². The molecule has 1 aliphatic rings. The van der Waals surface area contributed by atoms with Gasteiger partial charge in [-0.3, -0.25) is 0 Å². The predicted molar refractivity (Wildman–Crippen MR) is 41.8 cm³/mol. The highest BCUT2D eigenvalue weighted by Gasteiger charge is 2.73. The van der Waals surface area contributed by atoms with Crippen LogP contribution in [0.3, 0.4) is 0 Å². The van der Waals surface area contributed by atoms with Gasteiger partial charge in [0, 0.05) is 14.2 Å². The Hall–Kier alpha value is -0.330. The zero-order chi connectivity index (χ0) is 11.2. The Kier molecular flexibility index (Phi) is 2.58. The van der Waals surface area contributed by atoms with Crippen LogP contribution in [-0.4, -0.2) is 37.9 Å². The maximum absolute atomic E-state index is 12.4. The van der Waals surface area contributed by atoms with Gasteiger partial charge >= 0.3 is 6.18 Å². The van der Waals surface area contributed by atoms with E-state index < -0.39 is 23.7 Å². The fraction of sp³-hybridized carbons (Fsp3) is 1.00. The summed E-state index contributed by atoms with van der Waals surface area (Å²) in [7, 11) is 2.35. The minimum atomic E-state index is -4.48. The topological polar surface area (TPSA) is 27.7 Å². The summed E-state index contributed by atoms with van der Waals surface area (Å²) in [6.07, 6.45) is -6.51. The lowest BCUT2D eigenvalue weighted by Gasteiger charge is -2.58. The van der Waals surface area contributed by atoms with Crippen molar-refractivity contribution < 1.29 is 27.4 Å². The third-order valence-corrected chi connectivity index (χ3v) is 2.50. The van der Waals surface area contributed by atoms with Gasteiger partial charge in [-0.1, -0.05) is 0 Å². The summed E-state index contributed by atoms with van der Waals surface area (Å²) in [6.45, 7) is 2.98. The standard InChI is InChI=1S/C8H13F3O3/c1-6(2)7(12-3,13-4)5(14-6)8(9,10)11/h5H,1-4H3. The van der Waals surface area contributed by atoms with Crippen molar-refractivity contribution in [1.29, 1.82) is 0 Å². The molecule has 3 nitrogen and oxygen atoms in total. The number of alkyl halides is 3. The van der Waals surface area contributed by atoms with Crippen molar-refractivity contribution in [2.45, 2.75) is 37.5 Å². The van der Waals surface area contributed by atoms with E-state index in [-0.39, 0.29) is 0 Å². The molecule has 1 aliphatic heterocycles. The molecular formula is C8H13F3O3. The molecule has 0 bridgehead atoms. The first-order valence-corrected chi connectivity index (χ1v) is 4.06. The highest BCUT2D eigenvalue weighted by molar-refractivity contribution is 5.07. The summed E-state index contributed by atoms with van der Waals surface area (Å²) in [5, 5.41) is 0. The maximum atomic E-state index is 12.4. The van der Waals surface area contributed by atoms with E-state index in [2.05, 4.69) is 0 Å². The van der Waals surface area contributed by atoms with E-state index in [1.54, 1.807) is 0 Å². The molecule has 1 heterocycles. The normalized spacial score (nSPS) is 29.8. The minimum absolute atomic E-state index is 1.10. The predicted octanol–water partition coefficient (Wildman–Crippen LogP) is 1.72. The quantitative estimate of drug-likeness (QED) is 0.655. The Morgan fingerprint density at radius 1 is 1.14 bits per heavy atom. The van der Waals surface area contributed by atoms with Gasteiger partial charge in [0.2, 0.25) is 11.9 Å². The van der Waals surface area contributed by atoms with E-state index in [1.807, 2.05) is 0 Å². The van der Waals surface area contributed by atoms with Crippen LogP contribution in [0, 0.1) is 0 Å². The molecule has 0 radical (unpaired) electrons. The first-order chi connectivity index (χ1) is 6.21. The number of hydrogen-bond donors (Lipinski definition) is 0. The van der Waals surface area contributed by atoms with Crippen LogP contribution in [0.5, 0.6) is 0 Å². The highest BCUT2D eigenvalue weighted by Crippen LogP contribution is 2.51. The molecule has 0 spiro atoms. The summed E-state index contributed by atoms with van der Waals surface area (Å²) < 4.78 is 51.6. The minimum Gasteiger partial charge on any atom is -0.352 e. The molecule has 1 saturated heterocycles. The maximum Gasteiger partial charge on any atom is 0.420 e. The van der Waals surface area contributed by atoms with Crippen LogP contribution in [0.2, 0.25) is 0 Å². The van der Waals surface area contributed by atoms with Gasteiger partial charge in [0.1, 0.15) is 5.60 Å². The van der Waals surface area contributed by atoms with Crippen molar-refractivity contribution in [3.63, 3.8) is 0 Å². The Labute approximate surface area is 80.1 Å². The zero-order valence-corrected chi connectivity index (χ0v) is 8.44. The van der Waals surface area contributed by atoms with Crippen molar-refractivity contribution in [2.75, 3.05) is 14.2 Å². The lowest BCUT2D eigenvalue weighted by atomic mass is 9.84. The van der Waals surface area contributed by atoms with Gasteiger partial charge in [0.15, 0.2) is 0 Å². The molecule has 1 fully saturated rings. The average Bonchev–Trinajstić information content (AvgIpc) is 2.01. The molecule has 0 aromatic carbocycles. The Morgan fingerprint density at radius 2 is 1.57 bits per heavy atom. The summed E-state index contributed by atoms with van der Waals surface area (Å²) >= 11 is 0. The largest absolute Gasteiger partial charge is 0.420 e. The number of hydrogen-bond acceptors (Lipinski definition) is 3. The summed E-state index contributed by atoms with van der Waals surface area (Å²) in [4.78, 5) is 0. The molecule has 0 N–H and O–H groups in total. The molecule has 6 heteroatoms. The van der Waals surface area contributed by atoms with Gasteiger partial charge in [0.05, 0.1) is 0 Å². The van der Waals surface area contributed by atoms with Crippen LogP contribution >= 0.6 is 0 Å². The number of ether oxygens (including phenoxy) is 3. The fourth-order valence-electron chi connectivity index (χ4n) is 1.78. The van der Waals surface area contributed by atoms with Gasteiger partial charge in [0.25, 0.3) is 0 Å². The molecular weight excluding hydrogens is 201 g/mol. The second-order valence-corrected chi connectivity index (χ2v) is 3.63. The molecule has 0 saturated carbocycles. The smallest absolute Gasteiger partial charge is 0.352 e. The Bertz CT molecular complexity index is 220. The van der Waals surface area contributed by atoms with Crippen LogP contribution < -0.4 is 0 Å². The van der Waals surface area contributed by atoms with Crippen molar-refractivity contribution >= 4 is 0 Å². The number of halogens is 3. The fourth-order valence-corrected chi connectivity index (χ4v) is 1.78. The zero-order valence-electron chi connectivity index (χ0n) is 8.44. The van der Waals surface area contributed by atoms with E-state index in [0.29, 0.717) is 0 Å². The third-order valence-electron chi connectivity index (χ3n) is 2.50. The molecule has 0 aromatic rings. The number of methoxy groups -OCH3 is 2. The van der Waals surface area contributed by atoms with Crippen molar-refractivity contribution in [3.8, 4) is 0 Å². The van der Waals surface area contributed by atoms with Crippen molar-refractivity contribution in [1.82, 2.24) is 0 Å². The lowest BCUT2D eigenvalue weighted by molar-refractivity contribution is -0.482. The third kappa shape index (κ3) is 1.32. The van der Waals surface area contributed by atoms with E-state index in [4.69, 9.17) is 14.2 Å². The van der Waals surface area contributed by atoms with Crippen molar-refractivity contribution in [2.24, 2.45) is 0 Å². The summed E-state index contributed by atoms with van der Waals surface area (Å²) in [5.41, 5.74) is -1.10. The van der Waals surface area contributed by atoms with Crippen LogP contribution in [0.15, 0.2) is 0 Å². The van der Waals surface area contributed by atoms with Gasteiger partial charge < -0.3 is 14.2 Å². The van der Waals surface area contributed by atoms with E-state index >= 15 is 0 Å². The molecule has 84 valence electrons. The second kappa shape index (κ2) is 3.08. The first kappa shape index (κ1) is 11.7. The van der Waals surface area contributed by atoms with Gasteiger partial charge in [-0.25, -0.2) is 0 Å². The molecule has 1 atom stereocenters. The molecule has 14 heavy (non-hydrogen) atoms. The van der Waals surface area contributed by atoms with Crippen LogP contribution in [0.25, 0.3) is 0 Å². The van der Waals surface area contributed by atoms with Crippen molar-refractivity contribution in [3.05, 3.63) is 0 Å². The van der Waals surface area contributed by atoms with Gasteiger partial charge in [-0.05, 0) is 13.8 Å². The second-order valence-electron chi connectivity index (χ2n) is 3.63. The SMILES string of the molecule is COC1(OC)C(C(F)(F)F)OC1(C)C. The monoisotopic (exact) mass is 214 g/mol. The first-order valence-electron chi connectivity index (χ1n) is 4.06. The summed E-state index contributed by atoms with van der Waals surface area (Å²) in [5.74, 6) is -1.74. The Morgan fingerprint density at radius 3 is 1.71 bits per heavy atom. The molecule has 0 amide bonds.